The van der Waals surface area contributed by atoms with E-state index in [4.69, 9.17) is 9.47 Å². The van der Waals surface area contributed by atoms with Crippen molar-refractivity contribution < 1.29 is 22.7 Å². The Bertz CT molecular complexity index is 1050. The van der Waals surface area contributed by atoms with Crippen molar-refractivity contribution in [2.24, 2.45) is 0 Å². The van der Waals surface area contributed by atoms with Gasteiger partial charge in [0.25, 0.3) is 0 Å². The molecular formula is C22H28N2O5S2. The highest BCUT2D eigenvalue weighted by molar-refractivity contribution is 7.98. The third-order valence-corrected chi connectivity index (χ3v) is 7.71. The van der Waals surface area contributed by atoms with Gasteiger partial charge in [-0.25, -0.2) is 8.42 Å². The van der Waals surface area contributed by atoms with Gasteiger partial charge < -0.3 is 14.8 Å². The van der Waals surface area contributed by atoms with Crippen LogP contribution in [0, 0.1) is 0 Å². The van der Waals surface area contributed by atoms with Crippen LogP contribution >= 0.6 is 11.8 Å². The molecule has 7 nitrogen and oxygen atoms in total. The van der Waals surface area contributed by atoms with Gasteiger partial charge in [-0.05, 0) is 56.5 Å². The highest BCUT2D eigenvalue weighted by Gasteiger charge is 2.35. The van der Waals surface area contributed by atoms with Crippen molar-refractivity contribution in [1.82, 2.24) is 9.62 Å². The molecule has 0 fully saturated rings. The van der Waals surface area contributed by atoms with E-state index in [0.717, 1.165) is 14.8 Å². The summed E-state index contributed by atoms with van der Waals surface area (Å²) in [6.45, 7) is 3.61. The summed E-state index contributed by atoms with van der Waals surface area (Å²) in [5, 5.41) is 2.97. The third kappa shape index (κ3) is 5.34. The number of sulfonamides is 1. The predicted octanol–water partition coefficient (Wildman–Crippen LogP) is 3.46. The minimum Gasteiger partial charge on any atom is -0.497 e. The number of hydrogen-bond donors (Lipinski definition) is 1. The summed E-state index contributed by atoms with van der Waals surface area (Å²) in [6, 6.07) is 11.8. The van der Waals surface area contributed by atoms with Gasteiger partial charge in [-0.3, -0.25) is 4.79 Å². The van der Waals surface area contributed by atoms with Crippen LogP contribution in [-0.2, 0) is 14.8 Å². The molecule has 0 radical (unpaired) electrons. The summed E-state index contributed by atoms with van der Waals surface area (Å²) in [7, 11) is -0.780. The van der Waals surface area contributed by atoms with Gasteiger partial charge in [0.1, 0.15) is 17.1 Å². The molecule has 0 bridgehead atoms. The van der Waals surface area contributed by atoms with Gasteiger partial charge in [0.2, 0.25) is 15.9 Å². The van der Waals surface area contributed by atoms with Crippen molar-refractivity contribution in [3.05, 3.63) is 48.0 Å². The SMILES string of the molecule is COc1ccc2c(c1)OC(C)(C)CC2NC(=O)CN(C)S(=O)(=O)c1ccc(SC)cc1. The molecule has 31 heavy (non-hydrogen) atoms. The lowest BCUT2D eigenvalue weighted by Crippen LogP contribution is -2.44. The Balaban J connectivity index is 1.74. The van der Waals surface area contributed by atoms with Crippen molar-refractivity contribution in [2.45, 2.75) is 41.7 Å². The lowest BCUT2D eigenvalue weighted by molar-refractivity contribution is -0.122. The van der Waals surface area contributed by atoms with Crippen LogP contribution < -0.4 is 14.8 Å². The first-order chi connectivity index (χ1) is 14.6. The monoisotopic (exact) mass is 464 g/mol. The van der Waals surface area contributed by atoms with Gasteiger partial charge >= 0.3 is 0 Å². The minimum atomic E-state index is -3.77. The molecule has 9 heteroatoms. The summed E-state index contributed by atoms with van der Waals surface area (Å²) in [4.78, 5) is 13.9. The molecule has 168 valence electrons. The van der Waals surface area contributed by atoms with Crippen LogP contribution in [0.5, 0.6) is 11.5 Å². The average Bonchev–Trinajstić information content (AvgIpc) is 2.72. The van der Waals surface area contributed by atoms with Crippen molar-refractivity contribution in [2.75, 3.05) is 27.0 Å². The molecule has 1 aliphatic rings. The maximum absolute atomic E-state index is 12.8. The van der Waals surface area contributed by atoms with Crippen molar-refractivity contribution >= 4 is 27.7 Å². The Labute approximate surface area is 188 Å². The molecule has 1 amide bonds. The van der Waals surface area contributed by atoms with Gasteiger partial charge in [0, 0.05) is 30.0 Å². The number of amides is 1. The number of ether oxygens (including phenoxy) is 2. The second-order valence-corrected chi connectivity index (χ2v) is 11.0. The summed E-state index contributed by atoms with van der Waals surface area (Å²) in [5.74, 6) is 0.937. The van der Waals surface area contributed by atoms with E-state index in [1.54, 1.807) is 37.4 Å². The van der Waals surface area contributed by atoms with E-state index in [-0.39, 0.29) is 23.4 Å². The molecule has 0 aromatic heterocycles. The second kappa shape index (κ2) is 9.10. The number of hydrogen-bond acceptors (Lipinski definition) is 6. The number of methoxy groups -OCH3 is 1. The molecule has 1 N–H and O–H groups in total. The average molecular weight is 465 g/mol. The summed E-state index contributed by atoms with van der Waals surface area (Å²) < 4.78 is 38.1. The number of rotatable bonds is 7. The van der Waals surface area contributed by atoms with Gasteiger partial charge in [-0.15, -0.1) is 11.8 Å². The quantitative estimate of drug-likeness (QED) is 0.632. The molecule has 0 saturated carbocycles. The van der Waals surface area contributed by atoms with Gasteiger partial charge in [0.15, 0.2) is 0 Å². The van der Waals surface area contributed by atoms with E-state index in [9.17, 15) is 13.2 Å². The Morgan fingerprint density at radius 3 is 2.55 bits per heavy atom. The number of thioether (sulfide) groups is 1. The zero-order valence-corrected chi connectivity index (χ0v) is 20.0. The lowest BCUT2D eigenvalue weighted by atomic mass is 9.89. The van der Waals surface area contributed by atoms with Crippen LogP contribution in [0.1, 0.15) is 31.9 Å². The van der Waals surface area contributed by atoms with Crippen LogP contribution in [0.4, 0.5) is 0 Å². The number of likely N-dealkylation sites (N-methyl/N-ethyl adjacent to an activating group) is 1. The van der Waals surface area contributed by atoms with E-state index in [0.29, 0.717) is 17.9 Å². The van der Waals surface area contributed by atoms with Crippen LogP contribution in [0.15, 0.2) is 52.3 Å². The molecule has 1 aliphatic heterocycles. The van der Waals surface area contributed by atoms with Gasteiger partial charge in [0.05, 0.1) is 24.6 Å². The molecule has 1 atom stereocenters. The standard InChI is InChI=1S/C22H28N2O5S2/c1-22(2)13-19(18-11-6-15(28-4)12-20(18)29-22)23-21(25)14-24(3)31(26,27)17-9-7-16(30-5)8-10-17/h6-12,19H,13-14H2,1-5H3,(H,23,25). The fourth-order valence-corrected chi connectivity index (χ4v) is 5.08. The highest BCUT2D eigenvalue weighted by Crippen LogP contribution is 2.41. The molecule has 0 spiro atoms. The van der Waals surface area contributed by atoms with Gasteiger partial charge in [-0.2, -0.15) is 4.31 Å². The first kappa shape index (κ1) is 23.4. The first-order valence-electron chi connectivity index (χ1n) is 9.82. The smallest absolute Gasteiger partial charge is 0.243 e. The van der Waals surface area contributed by atoms with Crippen LogP contribution in [0.3, 0.4) is 0 Å². The Morgan fingerprint density at radius 1 is 1.26 bits per heavy atom. The summed E-state index contributed by atoms with van der Waals surface area (Å²) >= 11 is 1.53. The van der Waals surface area contributed by atoms with E-state index < -0.39 is 15.6 Å². The van der Waals surface area contributed by atoms with E-state index in [1.165, 1.54) is 18.8 Å². The Hall–Kier alpha value is -2.23. The van der Waals surface area contributed by atoms with E-state index >= 15 is 0 Å². The highest BCUT2D eigenvalue weighted by atomic mass is 32.2. The van der Waals surface area contributed by atoms with Crippen LogP contribution in [0.2, 0.25) is 0 Å². The molecular weight excluding hydrogens is 436 g/mol. The Kier molecular flexibility index (Phi) is 6.88. The zero-order valence-electron chi connectivity index (χ0n) is 18.3. The number of carbonyl (C=O) groups excluding carboxylic acids is 1. The number of nitrogens with zero attached hydrogens (tertiary/aromatic N) is 1. The number of fused-ring (bicyclic) bond motifs is 1. The zero-order chi connectivity index (χ0) is 22.8. The molecule has 3 rings (SSSR count). The van der Waals surface area contributed by atoms with Crippen molar-refractivity contribution in [1.29, 1.82) is 0 Å². The minimum absolute atomic E-state index is 0.158. The topological polar surface area (TPSA) is 84.9 Å². The van der Waals surface area contributed by atoms with E-state index in [2.05, 4.69) is 5.32 Å². The van der Waals surface area contributed by atoms with Crippen LogP contribution in [-0.4, -0.2) is 51.2 Å². The second-order valence-electron chi connectivity index (χ2n) is 8.03. The molecule has 2 aromatic carbocycles. The molecule has 0 saturated heterocycles. The Morgan fingerprint density at radius 2 is 1.94 bits per heavy atom. The predicted molar refractivity (Wildman–Crippen MR) is 121 cm³/mol. The largest absolute Gasteiger partial charge is 0.497 e. The normalized spacial score (nSPS) is 17.5. The van der Waals surface area contributed by atoms with Crippen LogP contribution in [0.25, 0.3) is 0 Å². The molecule has 0 aliphatic carbocycles. The van der Waals surface area contributed by atoms with E-state index in [1.807, 2.05) is 32.2 Å². The summed E-state index contributed by atoms with van der Waals surface area (Å²) in [5.41, 5.74) is 0.348. The summed E-state index contributed by atoms with van der Waals surface area (Å²) in [6.07, 6.45) is 2.48. The maximum Gasteiger partial charge on any atom is 0.243 e. The first-order valence-corrected chi connectivity index (χ1v) is 12.5. The molecule has 1 heterocycles. The lowest BCUT2D eigenvalue weighted by Gasteiger charge is -2.38. The number of carbonyl (C=O) groups is 1. The molecule has 2 aromatic rings. The number of nitrogens with one attached hydrogen (secondary N) is 1. The fourth-order valence-electron chi connectivity index (χ4n) is 3.54. The third-order valence-electron chi connectivity index (χ3n) is 5.15. The van der Waals surface area contributed by atoms with Crippen molar-refractivity contribution in [3.8, 4) is 11.5 Å². The molecule has 1 unspecified atom stereocenters. The van der Waals surface area contributed by atoms with Crippen molar-refractivity contribution in [3.63, 3.8) is 0 Å². The maximum atomic E-state index is 12.8. The number of benzene rings is 2. The van der Waals surface area contributed by atoms with Gasteiger partial charge in [-0.1, -0.05) is 0 Å². The fraction of sp³-hybridized carbons (Fsp3) is 0.409.